The van der Waals surface area contributed by atoms with Crippen LogP contribution in [0.4, 0.5) is 4.39 Å². The van der Waals surface area contributed by atoms with Gasteiger partial charge < -0.3 is 27.1 Å². The van der Waals surface area contributed by atoms with Crippen molar-refractivity contribution in [3.05, 3.63) is 99.6 Å². The summed E-state index contributed by atoms with van der Waals surface area (Å²) in [5.74, 6) is -0.602. The molecule has 0 spiro atoms. The Labute approximate surface area is 271 Å². The van der Waals surface area contributed by atoms with E-state index in [0.717, 1.165) is 36.8 Å². The second-order valence-corrected chi connectivity index (χ2v) is 12.1. The van der Waals surface area contributed by atoms with E-state index < -0.39 is 11.5 Å². The Hall–Kier alpha value is -4.52. The fourth-order valence-electron chi connectivity index (χ4n) is 5.52. The van der Waals surface area contributed by atoms with Crippen molar-refractivity contribution >= 4 is 28.6 Å². The molecule has 3 atom stereocenters. The van der Waals surface area contributed by atoms with Crippen molar-refractivity contribution in [2.45, 2.75) is 64.2 Å². The van der Waals surface area contributed by atoms with Crippen LogP contribution in [0.1, 0.15) is 50.3 Å². The highest BCUT2D eigenvalue weighted by Crippen LogP contribution is 2.31. The lowest BCUT2D eigenvalue weighted by atomic mass is 10.0. The van der Waals surface area contributed by atoms with Gasteiger partial charge in [-0.1, -0.05) is 23.7 Å². The van der Waals surface area contributed by atoms with E-state index in [1.807, 2.05) is 48.1 Å². The van der Waals surface area contributed by atoms with Gasteiger partial charge in [0.2, 0.25) is 0 Å². The Kier molecular flexibility index (Phi) is 10.5. The van der Waals surface area contributed by atoms with E-state index in [4.69, 9.17) is 28.5 Å². The number of nitrogens with two attached hydrogens (primary N) is 2. The first-order chi connectivity index (χ1) is 22.1. The van der Waals surface area contributed by atoms with Crippen LogP contribution >= 0.6 is 11.6 Å². The van der Waals surface area contributed by atoms with Gasteiger partial charge in [-0.2, -0.15) is 10.1 Å². The summed E-state index contributed by atoms with van der Waals surface area (Å²) in [7, 11) is 0. The van der Waals surface area contributed by atoms with Crippen LogP contribution in [0.5, 0.6) is 0 Å². The van der Waals surface area contributed by atoms with Gasteiger partial charge in [0, 0.05) is 47.7 Å². The maximum atomic E-state index is 15.1. The number of halogens is 2. The number of aryl methyl sites for hydroxylation is 1. The number of hydrogen-bond acceptors (Lipinski definition) is 6. The predicted molar refractivity (Wildman–Crippen MR) is 181 cm³/mol. The number of rotatable bonds is 14. The molecule has 5 aromatic rings. The second-order valence-electron chi connectivity index (χ2n) is 11.7. The Morgan fingerprint density at radius 3 is 2.65 bits per heavy atom. The predicted octanol–water partition coefficient (Wildman–Crippen LogP) is 4.63. The molecule has 11 nitrogen and oxygen atoms in total. The van der Waals surface area contributed by atoms with Gasteiger partial charge in [-0.05, 0) is 93.6 Å². The van der Waals surface area contributed by atoms with Crippen molar-refractivity contribution in [1.29, 1.82) is 5.41 Å². The molecular weight excluding hydrogens is 607 g/mol. The van der Waals surface area contributed by atoms with Gasteiger partial charge in [-0.3, -0.25) is 14.7 Å². The number of nitrogens with zero attached hydrogens (tertiary/aromatic N) is 4. The monoisotopic (exact) mass is 646 g/mol. The van der Waals surface area contributed by atoms with Gasteiger partial charge in [0.05, 0.1) is 22.9 Å². The van der Waals surface area contributed by atoms with E-state index in [1.165, 1.54) is 4.57 Å². The van der Waals surface area contributed by atoms with Crippen LogP contribution in [0, 0.1) is 11.2 Å². The van der Waals surface area contributed by atoms with E-state index in [2.05, 4.69) is 32.6 Å². The first kappa shape index (κ1) is 32.9. The summed E-state index contributed by atoms with van der Waals surface area (Å²) < 4.78 is 18.4. The van der Waals surface area contributed by atoms with Crippen molar-refractivity contribution in [2.75, 3.05) is 6.54 Å². The normalized spacial score (nSPS) is 13.5. The van der Waals surface area contributed by atoms with Crippen molar-refractivity contribution < 1.29 is 4.39 Å². The standard InChI is InChI=1S/C33H40ClFN10O/c1-20(36)5-3-6-22-15-27(30(35)28(34)16-22)29-17-24-18-45(33(46)43-31(24)42-29)26-9-7-23(8-10-26)21(2)39-13-11-25(41-32(37)38)19-44-14-4-12-40-44/h4,7-10,12,14-18,20-21,25,39H,3,5-6,11,13,19,36H2,1-2H3,(H4,37,38,41)(H,42,43,46)/t20-,21-,25-/m0/s1. The van der Waals surface area contributed by atoms with E-state index in [-0.39, 0.29) is 29.1 Å². The fourth-order valence-corrected chi connectivity index (χ4v) is 5.76. The summed E-state index contributed by atoms with van der Waals surface area (Å²) in [5, 5.41) is 19.1. The van der Waals surface area contributed by atoms with Crippen LogP contribution in [0.25, 0.3) is 28.0 Å². The lowest BCUT2D eigenvalue weighted by Gasteiger charge is -2.21. The number of hydrogen-bond donors (Lipinski definition) is 6. The molecule has 0 aliphatic carbocycles. The zero-order valence-electron chi connectivity index (χ0n) is 25.9. The van der Waals surface area contributed by atoms with Crippen LogP contribution in [0.3, 0.4) is 0 Å². The number of guanidine groups is 1. The number of aromatic nitrogens is 5. The number of benzene rings is 2. The third kappa shape index (κ3) is 8.19. The topological polar surface area (TPSA) is 168 Å². The van der Waals surface area contributed by atoms with Crippen LogP contribution in [0.15, 0.2) is 71.9 Å². The minimum atomic E-state index is -0.527. The van der Waals surface area contributed by atoms with Crippen molar-refractivity contribution in [3.8, 4) is 16.9 Å². The smallest absolute Gasteiger partial charge is 0.354 e. The molecule has 3 heterocycles. The van der Waals surface area contributed by atoms with E-state index in [1.54, 1.807) is 30.6 Å². The molecule has 0 unspecified atom stereocenters. The van der Waals surface area contributed by atoms with Crippen molar-refractivity contribution in [1.82, 2.24) is 34.9 Å². The number of H-pyrrole nitrogens is 1. The van der Waals surface area contributed by atoms with Crippen molar-refractivity contribution in [3.63, 3.8) is 0 Å². The Morgan fingerprint density at radius 2 is 1.96 bits per heavy atom. The van der Waals surface area contributed by atoms with Gasteiger partial charge in [-0.15, -0.1) is 0 Å². The first-order valence-electron chi connectivity index (χ1n) is 15.4. The molecule has 8 N–H and O–H groups in total. The highest BCUT2D eigenvalue weighted by molar-refractivity contribution is 6.31. The maximum absolute atomic E-state index is 15.1. The van der Waals surface area contributed by atoms with Gasteiger partial charge in [0.1, 0.15) is 5.65 Å². The minimum absolute atomic E-state index is 0.0393. The van der Waals surface area contributed by atoms with Gasteiger partial charge in [0.25, 0.3) is 0 Å². The average molecular weight is 647 g/mol. The highest BCUT2D eigenvalue weighted by Gasteiger charge is 2.16. The Balaban J connectivity index is 1.28. The third-order valence-corrected chi connectivity index (χ3v) is 8.23. The molecule has 0 saturated heterocycles. The van der Waals surface area contributed by atoms with Gasteiger partial charge >= 0.3 is 5.69 Å². The van der Waals surface area contributed by atoms with Crippen LogP contribution < -0.4 is 27.8 Å². The number of nitrogens with one attached hydrogen (secondary N) is 4. The molecule has 0 bridgehead atoms. The quantitative estimate of drug-likeness (QED) is 0.0755. The fraction of sp³-hybridized carbons (Fsp3) is 0.333. The minimum Gasteiger partial charge on any atom is -0.370 e. The first-order valence-corrected chi connectivity index (χ1v) is 15.7. The molecule has 242 valence electrons. The summed E-state index contributed by atoms with van der Waals surface area (Å²) in [6, 6.07) is 14.8. The highest BCUT2D eigenvalue weighted by atomic mass is 35.5. The largest absolute Gasteiger partial charge is 0.370 e. The summed E-state index contributed by atoms with van der Waals surface area (Å²) in [6.07, 6.45) is 8.48. The zero-order chi connectivity index (χ0) is 32.8. The molecular formula is C33H40ClFN10O. The molecule has 2 aromatic carbocycles. The Morgan fingerprint density at radius 1 is 1.17 bits per heavy atom. The van der Waals surface area contributed by atoms with Gasteiger partial charge in [0.15, 0.2) is 11.8 Å². The van der Waals surface area contributed by atoms with E-state index in [0.29, 0.717) is 41.1 Å². The van der Waals surface area contributed by atoms with Gasteiger partial charge in [-0.25, -0.2) is 9.18 Å². The average Bonchev–Trinajstić information content (AvgIpc) is 3.67. The summed E-state index contributed by atoms with van der Waals surface area (Å²) >= 11 is 6.25. The number of aromatic amines is 1. The van der Waals surface area contributed by atoms with Crippen LogP contribution in [-0.2, 0) is 13.0 Å². The molecule has 0 radical (unpaired) electrons. The molecule has 0 amide bonds. The third-order valence-electron chi connectivity index (χ3n) is 7.95. The molecule has 0 saturated carbocycles. The maximum Gasteiger partial charge on any atom is 0.354 e. The zero-order valence-corrected chi connectivity index (χ0v) is 26.7. The molecule has 46 heavy (non-hydrogen) atoms. The lowest BCUT2D eigenvalue weighted by Crippen LogP contribution is -2.43. The van der Waals surface area contributed by atoms with E-state index in [9.17, 15) is 4.79 Å². The summed E-state index contributed by atoms with van der Waals surface area (Å²) in [5.41, 5.74) is 14.8. The summed E-state index contributed by atoms with van der Waals surface area (Å²) in [4.78, 5) is 20.4. The van der Waals surface area contributed by atoms with E-state index >= 15 is 4.39 Å². The molecule has 13 heteroatoms. The molecule has 0 fully saturated rings. The molecule has 3 aromatic heterocycles. The second kappa shape index (κ2) is 14.7. The van der Waals surface area contributed by atoms with Crippen LogP contribution in [-0.4, -0.2) is 48.9 Å². The number of fused-ring (bicyclic) bond motifs is 1. The Bertz CT molecular complexity index is 1830. The SMILES string of the molecule is C[C@H](N)CCCc1cc(Cl)c(F)c(-c2cc3cn(-c4ccc([C@H](C)NCC[C@@H](Cn5cccn5)NC(=N)N)cc4)c(=O)nc3[nH]2)c1. The lowest BCUT2D eigenvalue weighted by molar-refractivity contribution is 0.427. The molecule has 0 aliphatic rings. The summed E-state index contributed by atoms with van der Waals surface area (Å²) in [6.45, 7) is 5.31. The molecule has 0 aliphatic heterocycles. The molecule has 5 rings (SSSR count). The van der Waals surface area contributed by atoms with Crippen LogP contribution in [0.2, 0.25) is 5.02 Å². The van der Waals surface area contributed by atoms with Crippen molar-refractivity contribution in [2.24, 2.45) is 11.5 Å².